The topological polar surface area (TPSA) is 341 Å². The molecule has 3 rings (SSSR count). The van der Waals surface area contributed by atoms with Crippen LogP contribution >= 0.6 is 0 Å². The first kappa shape index (κ1) is 35.8. The van der Waals surface area contributed by atoms with Crippen molar-refractivity contribution in [1.29, 1.82) is 0 Å². The van der Waals surface area contributed by atoms with Gasteiger partial charge in [0.1, 0.15) is 61.0 Å². The van der Waals surface area contributed by atoms with Crippen LogP contribution in [0.15, 0.2) is 0 Å². The van der Waals surface area contributed by atoms with Crippen LogP contribution < -0.4 is 11.1 Å². The molecule has 20 heteroatoms. The number of carbonyl (C=O) groups excluding carboxylic acids is 1. The quantitative estimate of drug-likeness (QED) is 0.100. The number of aliphatic hydroxyl groups is 10. The van der Waals surface area contributed by atoms with E-state index in [1.807, 2.05) is 0 Å². The van der Waals surface area contributed by atoms with E-state index in [4.69, 9.17) is 29.4 Å². The van der Waals surface area contributed by atoms with E-state index in [0.29, 0.717) is 0 Å². The van der Waals surface area contributed by atoms with Crippen molar-refractivity contribution in [3.63, 3.8) is 0 Å². The van der Waals surface area contributed by atoms with Gasteiger partial charge in [-0.1, -0.05) is 0 Å². The van der Waals surface area contributed by atoms with Crippen molar-refractivity contribution in [3.05, 3.63) is 0 Å². The standard InChI is InChI=1S/C23H40N2O18/c1-6(29)25-12-7(30)2-23(22(37)38,42-18(12)13(32)8(31)3-26)43-19-15(34)10(5-28)40-21(16(19)35)41-17-11(24)20(36)39-9(4-27)14(17)33/h7-21,26-28,30-36H,2-5,24H2,1H3,(H,25,29)(H,37,38)/t7-,8+,9+,10+,11+,12+,13+,14+,15-,16+,17+,18+,19-,20?,21-,23-/m0/s1. The molecule has 0 radical (unpaired) electrons. The smallest absolute Gasteiger partial charge is 0.364 e. The zero-order valence-electron chi connectivity index (χ0n) is 22.8. The molecule has 1 unspecified atom stereocenters. The summed E-state index contributed by atoms with van der Waals surface area (Å²) in [6, 6.07) is -3.00. The predicted molar refractivity (Wildman–Crippen MR) is 132 cm³/mol. The summed E-state index contributed by atoms with van der Waals surface area (Å²) in [6.45, 7) is -1.72. The molecule has 0 aromatic heterocycles. The molecule has 16 atom stereocenters. The lowest BCUT2D eigenvalue weighted by atomic mass is 9.88. The first-order chi connectivity index (χ1) is 20.1. The van der Waals surface area contributed by atoms with Crippen molar-refractivity contribution in [3.8, 4) is 0 Å². The molecule has 3 aliphatic rings. The number of carbonyl (C=O) groups is 2. The van der Waals surface area contributed by atoms with Gasteiger partial charge in [0.05, 0.1) is 38.0 Å². The molecule has 1 amide bonds. The Morgan fingerprint density at radius 2 is 1.56 bits per heavy atom. The molecule has 0 saturated carbocycles. The summed E-state index contributed by atoms with van der Waals surface area (Å²) >= 11 is 0. The van der Waals surface area contributed by atoms with Gasteiger partial charge in [0.15, 0.2) is 12.6 Å². The van der Waals surface area contributed by atoms with E-state index in [1.54, 1.807) is 0 Å². The van der Waals surface area contributed by atoms with Crippen LogP contribution in [0.2, 0.25) is 0 Å². The number of amides is 1. The zero-order valence-corrected chi connectivity index (χ0v) is 22.8. The summed E-state index contributed by atoms with van der Waals surface area (Å²) in [5.74, 6) is -5.70. The molecule has 0 bridgehead atoms. The number of nitrogens with two attached hydrogens (primary N) is 1. The van der Waals surface area contributed by atoms with Crippen LogP contribution in [-0.4, -0.2) is 185 Å². The van der Waals surface area contributed by atoms with Crippen molar-refractivity contribution >= 4 is 11.9 Å². The molecule has 14 N–H and O–H groups in total. The van der Waals surface area contributed by atoms with E-state index in [-0.39, 0.29) is 0 Å². The minimum absolute atomic E-state index is 0.741. The fraction of sp³-hybridized carbons (Fsp3) is 0.913. The Kier molecular flexibility index (Phi) is 12.1. The Balaban J connectivity index is 1.94. The normalized spacial score (nSPS) is 45.3. The van der Waals surface area contributed by atoms with Gasteiger partial charge in [-0.2, -0.15) is 0 Å². The molecule has 0 aromatic rings. The number of aliphatic hydroxyl groups excluding tert-OH is 10. The third kappa shape index (κ3) is 7.41. The Bertz CT molecular complexity index is 948. The summed E-state index contributed by atoms with van der Waals surface area (Å²) in [7, 11) is 0. The molecule has 20 nitrogen and oxygen atoms in total. The van der Waals surface area contributed by atoms with Gasteiger partial charge in [0.2, 0.25) is 5.91 Å². The average Bonchev–Trinajstić information content (AvgIpc) is 2.96. The molecule has 0 aromatic carbocycles. The van der Waals surface area contributed by atoms with Crippen LogP contribution in [0.5, 0.6) is 0 Å². The van der Waals surface area contributed by atoms with Crippen LogP contribution in [0.3, 0.4) is 0 Å². The highest BCUT2D eigenvalue weighted by Gasteiger charge is 2.60. The molecule has 0 aliphatic carbocycles. The first-order valence-electron chi connectivity index (χ1n) is 13.3. The van der Waals surface area contributed by atoms with Crippen LogP contribution in [0.1, 0.15) is 13.3 Å². The van der Waals surface area contributed by atoms with Crippen molar-refractivity contribution in [2.45, 2.75) is 111 Å². The molecule has 3 heterocycles. The van der Waals surface area contributed by atoms with Crippen molar-refractivity contribution in [2.75, 3.05) is 19.8 Å². The monoisotopic (exact) mass is 632 g/mol. The van der Waals surface area contributed by atoms with Crippen molar-refractivity contribution in [2.24, 2.45) is 5.73 Å². The SMILES string of the molecule is CC(=O)N[C@H]1[C@H]([C@H](O)[C@H](O)CO)O[C@@](O[C@H]2[C@@H](O)[C@@H](CO)O[C@@H](O[C@H]3[C@H](O)[C@@H](CO)OC(O)[C@@H]3N)[C@@H]2O)(C(=O)O)C[C@@H]1O. The molecule has 0 spiro atoms. The van der Waals surface area contributed by atoms with E-state index < -0.39 is 136 Å². The highest BCUT2D eigenvalue weighted by molar-refractivity contribution is 5.76. The lowest BCUT2D eigenvalue weighted by Gasteiger charge is -2.50. The maximum absolute atomic E-state index is 12.6. The van der Waals surface area contributed by atoms with E-state index in [1.165, 1.54) is 0 Å². The number of nitrogens with one attached hydrogen (secondary N) is 1. The maximum atomic E-state index is 12.6. The minimum Gasteiger partial charge on any atom is -0.477 e. The van der Waals surface area contributed by atoms with Gasteiger partial charge < -0.3 is 90.9 Å². The lowest BCUT2D eigenvalue weighted by Crippen LogP contribution is -2.71. The number of hydrogen-bond donors (Lipinski definition) is 13. The number of carboxylic acid groups (broad SMARTS) is 1. The third-order valence-electron chi connectivity index (χ3n) is 7.55. The average molecular weight is 633 g/mol. The molecular weight excluding hydrogens is 592 g/mol. The maximum Gasteiger partial charge on any atom is 0.364 e. The second-order valence-electron chi connectivity index (χ2n) is 10.6. The van der Waals surface area contributed by atoms with E-state index >= 15 is 0 Å². The Morgan fingerprint density at radius 1 is 0.977 bits per heavy atom. The summed E-state index contributed by atoms with van der Waals surface area (Å²) < 4.78 is 27.0. The van der Waals surface area contributed by atoms with E-state index in [0.717, 1.165) is 6.92 Å². The summed E-state index contributed by atoms with van der Waals surface area (Å²) in [5, 5.41) is 115. The molecule has 3 fully saturated rings. The Hall–Kier alpha value is -1.70. The second-order valence-corrected chi connectivity index (χ2v) is 10.6. The number of rotatable bonds is 11. The number of aliphatic carboxylic acids is 1. The second kappa shape index (κ2) is 14.6. The van der Waals surface area contributed by atoms with Crippen LogP contribution in [0, 0.1) is 0 Å². The summed E-state index contributed by atoms with van der Waals surface area (Å²) in [4.78, 5) is 24.3. The fourth-order valence-corrected chi connectivity index (χ4v) is 5.20. The third-order valence-corrected chi connectivity index (χ3v) is 7.55. The highest BCUT2D eigenvalue weighted by atomic mass is 16.8. The van der Waals surface area contributed by atoms with Crippen LogP contribution in [-0.2, 0) is 33.3 Å². The van der Waals surface area contributed by atoms with Gasteiger partial charge in [-0.05, 0) is 0 Å². The largest absolute Gasteiger partial charge is 0.477 e. The van der Waals surface area contributed by atoms with Gasteiger partial charge in [0.25, 0.3) is 5.79 Å². The minimum atomic E-state index is -3.00. The van der Waals surface area contributed by atoms with Crippen molar-refractivity contribution < 1.29 is 89.4 Å². The molecule has 250 valence electrons. The van der Waals surface area contributed by atoms with Gasteiger partial charge in [-0.15, -0.1) is 0 Å². The number of ether oxygens (including phenoxy) is 5. The van der Waals surface area contributed by atoms with Gasteiger partial charge in [-0.25, -0.2) is 4.79 Å². The van der Waals surface area contributed by atoms with Gasteiger partial charge in [-0.3, -0.25) is 4.79 Å². The highest BCUT2D eigenvalue weighted by Crippen LogP contribution is 2.38. The molecule has 43 heavy (non-hydrogen) atoms. The molecule has 3 saturated heterocycles. The van der Waals surface area contributed by atoms with E-state index in [2.05, 4.69) is 5.32 Å². The Labute approximate surface area is 243 Å². The summed E-state index contributed by atoms with van der Waals surface area (Å²) in [5.41, 5.74) is 5.85. The summed E-state index contributed by atoms with van der Waals surface area (Å²) in [6.07, 6.45) is -25.0. The lowest BCUT2D eigenvalue weighted by molar-refractivity contribution is -0.380. The molecular formula is C23H40N2O18. The number of hydrogen-bond acceptors (Lipinski definition) is 18. The predicted octanol–water partition coefficient (Wildman–Crippen LogP) is -8.26. The zero-order chi connectivity index (χ0) is 32.4. The van der Waals surface area contributed by atoms with Crippen LogP contribution in [0.4, 0.5) is 0 Å². The van der Waals surface area contributed by atoms with Crippen molar-refractivity contribution in [1.82, 2.24) is 5.32 Å². The molecule has 3 aliphatic heterocycles. The van der Waals surface area contributed by atoms with E-state index in [9.17, 15) is 65.8 Å². The fourth-order valence-electron chi connectivity index (χ4n) is 5.20. The van der Waals surface area contributed by atoms with Gasteiger partial charge in [0, 0.05) is 13.3 Å². The van der Waals surface area contributed by atoms with Gasteiger partial charge >= 0.3 is 5.97 Å². The Morgan fingerprint density at radius 3 is 2.09 bits per heavy atom. The first-order valence-corrected chi connectivity index (χ1v) is 13.3. The van der Waals surface area contributed by atoms with Crippen LogP contribution in [0.25, 0.3) is 0 Å². The number of carboxylic acids is 1.